The average Bonchev–Trinajstić information content (AvgIpc) is 2.37. The summed E-state index contributed by atoms with van der Waals surface area (Å²) < 4.78 is 31.9. The van der Waals surface area contributed by atoms with Crippen LogP contribution in [0.5, 0.6) is 0 Å². The Labute approximate surface area is 119 Å². The van der Waals surface area contributed by atoms with Crippen molar-refractivity contribution >= 4 is 6.29 Å². The minimum Gasteiger partial charge on any atom is -0.304 e. The van der Waals surface area contributed by atoms with Crippen molar-refractivity contribution in [1.29, 1.82) is 0 Å². The molecule has 0 aliphatic heterocycles. The summed E-state index contributed by atoms with van der Waals surface area (Å²) in [6.45, 7) is 3.69. The van der Waals surface area contributed by atoms with Crippen molar-refractivity contribution in [2.75, 3.05) is 0 Å². The third kappa shape index (κ3) is 5.54. The zero-order valence-electron chi connectivity index (χ0n) is 16.1. The minimum atomic E-state index is -1.30. The highest BCUT2D eigenvalue weighted by Crippen LogP contribution is 2.40. The molecule has 1 heteroatoms. The van der Waals surface area contributed by atoms with E-state index in [1.165, 1.54) is 45.4 Å². The second-order valence-corrected chi connectivity index (χ2v) is 5.65. The first-order valence-electron chi connectivity index (χ1n) is 9.63. The maximum atomic E-state index is 8.81. The summed E-state index contributed by atoms with van der Waals surface area (Å²) in [5.41, 5.74) is 0. The average molecular weight is 256 g/mol. The van der Waals surface area contributed by atoms with Crippen LogP contribution < -0.4 is 0 Å². The van der Waals surface area contributed by atoms with E-state index in [0.29, 0.717) is 18.8 Å². The fourth-order valence-corrected chi connectivity index (χ4v) is 3.37. The molecule has 2 fully saturated rings. The lowest BCUT2D eigenvalue weighted by atomic mass is 9.70. The van der Waals surface area contributed by atoms with E-state index in [2.05, 4.69) is 6.92 Å². The zero-order chi connectivity index (χ0) is 16.8. The first-order valence-corrected chi connectivity index (χ1v) is 7.63. The van der Waals surface area contributed by atoms with E-state index < -0.39 is 12.7 Å². The summed E-state index contributed by atoms with van der Waals surface area (Å²) in [5.74, 6) is 1.71. The zero-order valence-corrected chi connectivity index (χ0v) is 12.1. The molecular formula is C17H32O. The Morgan fingerprint density at radius 1 is 1.06 bits per heavy atom. The van der Waals surface area contributed by atoms with Crippen LogP contribution in [-0.2, 0) is 4.79 Å². The summed E-state index contributed by atoms with van der Waals surface area (Å²) in [7, 11) is 0. The number of hydrogen-bond acceptors (Lipinski definition) is 1. The lowest BCUT2D eigenvalue weighted by molar-refractivity contribution is -0.106. The van der Waals surface area contributed by atoms with Crippen LogP contribution in [-0.4, -0.2) is 6.29 Å². The molecule has 0 aromatic rings. The molecular weight excluding hydrogens is 220 g/mol. The van der Waals surface area contributed by atoms with Crippen LogP contribution in [0.3, 0.4) is 0 Å². The van der Waals surface area contributed by atoms with Gasteiger partial charge in [0.05, 0.1) is 0 Å². The van der Waals surface area contributed by atoms with Gasteiger partial charge < -0.3 is 4.79 Å². The van der Waals surface area contributed by atoms with Gasteiger partial charge in [0.2, 0.25) is 0 Å². The molecule has 18 heavy (non-hydrogen) atoms. The summed E-state index contributed by atoms with van der Waals surface area (Å²) in [4.78, 5) is 8.81. The summed E-state index contributed by atoms with van der Waals surface area (Å²) in [6.07, 6.45) is 6.94. The Morgan fingerprint density at radius 3 is 2.06 bits per heavy atom. The van der Waals surface area contributed by atoms with Crippen LogP contribution in [0.4, 0.5) is 0 Å². The largest absolute Gasteiger partial charge is 0.304 e. The third-order valence-electron chi connectivity index (χ3n) is 4.32. The summed E-state index contributed by atoms with van der Waals surface area (Å²) >= 11 is 0. The normalized spacial score (nSPS) is 38.1. The van der Waals surface area contributed by atoms with Crippen LogP contribution in [0.15, 0.2) is 0 Å². The lowest BCUT2D eigenvalue weighted by Crippen LogP contribution is -2.23. The van der Waals surface area contributed by atoms with Crippen molar-refractivity contribution in [1.82, 2.24) is 0 Å². The smallest absolute Gasteiger partial charge is 0.116 e. The van der Waals surface area contributed by atoms with Gasteiger partial charge in [0.1, 0.15) is 6.29 Å². The van der Waals surface area contributed by atoms with Crippen LogP contribution in [0.25, 0.3) is 0 Å². The highest BCUT2D eigenvalue weighted by atomic mass is 16.1. The van der Waals surface area contributed by atoms with Crippen LogP contribution in [0, 0.1) is 17.8 Å². The van der Waals surface area contributed by atoms with Crippen molar-refractivity contribution in [3.8, 4) is 0 Å². The molecule has 106 valence electrons. The number of carbonyl (C=O) groups excluding carboxylic acids is 1. The molecule has 2 rings (SSSR count). The van der Waals surface area contributed by atoms with Crippen molar-refractivity contribution in [2.24, 2.45) is 17.8 Å². The molecule has 2 saturated carbocycles. The second-order valence-electron chi connectivity index (χ2n) is 5.65. The summed E-state index contributed by atoms with van der Waals surface area (Å²) in [6, 6.07) is 0. The molecule has 2 aliphatic carbocycles. The first-order chi connectivity index (χ1) is 10.2. The first kappa shape index (κ1) is 10.5. The van der Waals surface area contributed by atoms with E-state index in [-0.39, 0.29) is 12.3 Å². The number of rotatable bonds is 3. The van der Waals surface area contributed by atoms with Gasteiger partial charge in [0, 0.05) is 5.48 Å². The molecule has 0 bridgehead atoms. The van der Waals surface area contributed by atoms with Gasteiger partial charge >= 0.3 is 0 Å². The molecule has 0 radical (unpaired) electrons. The van der Waals surface area contributed by atoms with Crippen LogP contribution in [0.1, 0.15) is 89.9 Å². The highest BCUT2D eigenvalue weighted by Gasteiger charge is 2.27. The fraction of sp³-hybridized carbons (Fsp3) is 0.941. The highest BCUT2D eigenvalue weighted by molar-refractivity contribution is 5.44. The van der Waals surface area contributed by atoms with Gasteiger partial charge in [0.25, 0.3) is 0 Å². The number of carbonyl (C=O) groups is 1. The van der Waals surface area contributed by atoms with Gasteiger partial charge in [-0.05, 0) is 37.5 Å². The molecule has 0 N–H and O–H groups in total. The number of aldehydes is 1. The van der Waals surface area contributed by atoms with E-state index in [9.17, 15) is 0 Å². The fourth-order valence-electron chi connectivity index (χ4n) is 3.37. The standard InChI is InChI=1S/C15H28.C2H4O/c1-2-6-13-9-11-15(12-10-13)14-7-4-3-5-8-14;1-2-3/h13-15H,2-12H2,1H3;2H,1H3/t13-,15-;/i4D2,5D2;. The van der Waals surface area contributed by atoms with E-state index in [0.717, 1.165) is 12.2 Å². The molecule has 0 amide bonds. The Bertz CT molecular complexity index is 320. The van der Waals surface area contributed by atoms with Crippen molar-refractivity contribution in [3.63, 3.8) is 0 Å². The van der Waals surface area contributed by atoms with Crippen LogP contribution in [0.2, 0.25) is 0 Å². The maximum Gasteiger partial charge on any atom is 0.116 e. The van der Waals surface area contributed by atoms with Crippen molar-refractivity contribution < 1.29 is 10.3 Å². The molecule has 0 saturated heterocycles. The van der Waals surface area contributed by atoms with Gasteiger partial charge in [-0.1, -0.05) is 64.6 Å². The lowest BCUT2D eigenvalue weighted by Gasteiger charge is -2.35. The second kappa shape index (κ2) is 9.58. The molecule has 1 nitrogen and oxygen atoms in total. The van der Waals surface area contributed by atoms with E-state index in [1.54, 1.807) is 0 Å². The predicted octanol–water partition coefficient (Wildman–Crippen LogP) is 5.38. The van der Waals surface area contributed by atoms with Crippen LogP contribution >= 0.6 is 0 Å². The quantitative estimate of drug-likeness (QED) is 0.620. The van der Waals surface area contributed by atoms with Crippen molar-refractivity contribution in [2.45, 2.75) is 84.4 Å². The topological polar surface area (TPSA) is 17.1 Å². The van der Waals surface area contributed by atoms with Gasteiger partial charge in [-0.25, -0.2) is 0 Å². The summed E-state index contributed by atoms with van der Waals surface area (Å²) in [5, 5.41) is 0. The molecule has 0 aromatic carbocycles. The minimum absolute atomic E-state index is 0.0850. The Morgan fingerprint density at radius 2 is 1.56 bits per heavy atom. The Hall–Kier alpha value is -0.330. The molecule has 0 atom stereocenters. The predicted molar refractivity (Wildman–Crippen MR) is 78.7 cm³/mol. The van der Waals surface area contributed by atoms with Crippen molar-refractivity contribution in [3.05, 3.63) is 0 Å². The van der Waals surface area contributed by atoms with E-state index in [4.69, 9.17) is 10.3 Å². The van der Waals surface area contributed by atoms with Gasteiger partial charge in [-0.15, -0.1) is 0 Å². The molecule has 0 spiro atoms. The Balaban J connectivity index is 0.000000745. The van der Waals surface area contributed by atoms with E-state index >= 15 is 0 Å². The van der Waals surface area contributed by atoms with Gasteiger partial charge in [-0.3, -0.25) is 0 Å². The maximum absolute atomic E-state index is 8.81. The molecule has 0 unspecified atom stereocenters. The Kier molecular flexibility index (Phi) is 5.57. The monoisotopic (exact) mass is 256 g/mol. The van der Waals surface area contributed by atoms with Gasteiger partial charge in [0.15, 0.2) is 0 Å². The molecule has 0 aromatic heterocycles. The molecule has 2 aliphatic rings. The number of hydrogen-bond donors (Lipinski definition) is 0. The van der Waals surface area contributed by atoms with Gasteiger partial charge in [-0.2, -0.15) is 0 Å². The molecule has 0 heterocycles. The third-order valence-corrected chi connectivity index (χ3v) is 4.32. The SMILES string of the molecule is CC=O.[2H]C1([2H])CC([C@H]2CC[C@H](CCC)CC2)CC([2H])([2H])C1. The van der Waals surface area contributed by atoms with E-state index in [1.807, 2.05) is 0 Å².